The van der Waals surface area contributed by atoms with Crippen LogP contribution in [0.1, 0.15) is 5.56 Å². The summed E-state index contributed by atoms with van der Waals surface area (Å²) < 4.78 is 0. The lowest BCUT2D eigenvalue weighted by molar-refractivity contribution is 1.47. The smallest absolute Gasteiger partial charge is 0.156 e. The monoisotopic (exact) mass is 307 g/mol. The minimum Gasteiger partial charge on any atom is -0.156 e. The van der Waals surface area contributed by atoms with Gasteiger partial charge in [0.15, 0.2) is 0 Å². The van der Waals surface area contributed by atoms with E-state index in [4.69, 9.17) is 11.1 Å². The highest BCUT2D eigenvalue weighted by Gasteiger charge is 2.13. The summed E-state index contributed by atoms with van der Waals surface area (Å²) in [5.74, 6) is 0. The molecule has 0 aliphatic rings. The number of benzene rings is 3. The molecule has 0 fully saturated rings. The molecule has 0 aromatic heterocycles. The van der Waals surface area contributed by atoms with E-state index in [1.165, 1.54) is 27.1 Å². The fraction of sp³-hybridized carbons (Fsp3) is 0.0526. The van der Waals surface area contributed by atoms with Gasteiger partial charge in [-0.2, -0.15) is 11.1 Å². The van der Waals surface area contributed by atoms with Gasteiger partial charge in [-0.25, -0.2) is 0 Å². The third kappa shape index (κ3) is 3.26. The molecule has 3 aromatic rings. The molecule has 0 saturated heterocycles. The zero-order chi connectivity index (χ0) is 14.7. The molecule has 0 aliphatic heterocycles. The van der Waals surface area contributed by atoms with Crippen LogP contribution in [0.5, 0.6) is 0 Å². The first kappa shape index (κ1) is 14.1. The average molecular weight is 308 g/mol. The van der Waals surface area contributed by atoms with Crippen LogP contribution in [-0.4, -0.2) is 8.11 Å². The van der Waals surface area contributed by atoms with Gasteiger partial charge >= 0.3 is 0 Å². The van der Waals surface area contributed by atoms with Crippen LogP contribution in [0.2, 0.25) is 0 Å². The lowest BCUT2D eigenvalue weighted by atomic mass is 10.0. The molecule has 0 N–H and O–H groups in total. The topological polar surface area (TPSA) is 0 Å². The Balaban J connectivity index is 1.85. The van der Waals surface area contributed by atoms with E-state index in [1.54, 1.807) is 0 Å². The lowest BCUT2D eigenvalue weighted by Crippen LogP contribution is -2.36. The van der Waals surface area contributed by atoms with Crippen molar-refractivity contribution in [1.82, 2.24) is 0 Å². The van der Waals surface area contributed by atoms with Gasteiger partial charge in [0.1, 0.15) is 0 Å². The van der Waals surface area contributed by atoms with Gasteiger partial charge in [0.25, 0.3) is 0 Å². The number of halogens is 1. The van der Waals surface area contributed by atoms with Crippen LogP contribution in [0.25, 0.3) is 11.1 Å². The van der Waals surface area contributed by atoms with E-state index in [-0.39, 0.29) is 0 Å². The van der Waals surface area contributed by atoms with Crippen LogP contribution in [0, 0.1) is 6.92 Å². The summed E-state index contributed by atoms with van der Waals surface area (Å²) in [6.07, 6.45) is 0. The van der Waals surface area contributed by atoms with E-state index in [2.05, 4.69) is 67.6 Å². The van der Waals surface area contributed by atoms with E-state index in [9.17, 15) is 0 Å². The fourth-order valence-corrected chi connectivity index (χ4v) is 4.34. The van der Waals surface area contributed by atoms with Crippen molar-refractivity contribution in [3.05, 3.63) is 84.4 Å². The summed E-state index contributed by atoms with van der Waals surface area (Å²) in [4.78, 5) is 0. The van der Waals surface area contributed by atoms with Gasteiger partial charge in [-0.15, -0.1) is 0 Å². The predicted molar refractivity (Wildman–Crippen MR) is 93.9 cm³/mol. The van der Waals surface area contributed by atoms with Gasteiger partial charge in [0.2, 0.25) is 8.11 Å². The van der Waals surface area contributed by atoms with Gasteiger partial charge in [-0.05, 0) is 28.4 Å². The summed E-state index contributed by atoms with van der Waals surface area (Å²) in [7, 11) is -1.18. The SMILES string of the molecule is Cc1ccc(-c2ccc([Si](Cl)c3ccccc3)cc2)cc1. The Morgan fingerprint density at radius 1 is 0.619 bits per heavy atom. The molecule has 0 atom stereocenters. The third-order valence-corrected chi connectivity index (χ3v) is 6.54. The normalized spacial score (nSPS) is 10.8. The lowest BCUT2D eigenvalue weighted by Gasteiger charge is -2.09. The molecule has 21 heavy (non-hydrogen) atoms. The van der Waals surface area contributed by atoms with Crippen LogP contribution in [0.15, 0.2) is 78.9 Å². The number of hydrogen-bond donors (Lipinski definition) is 0. The molecule has 0 unspecified atom stereocenters. The molecule has 0 aliphatic carbocycles. The summed E-state index contributed by atoms with van der Waals surface area (Å²) >= 11 is 6.65. The van der Waals surface area contributed by atoms with Gasteiger partial charge in [-0.3, -0.25) is 0 Å². The minimum absolute atomic E-state index is 1.18. The first-order valence-electron chi connectivity index (χ1n) is 6.99. The number of aryl methyl sites for hydroxylation is 1. The Labute approximate surface area is 132 Å². The highest BCUT2D eigenvalue weighted by molar-refractivity contribution is 7.21. The maximum absolute atomic E-state index is 6.65. The molecule has 0 spiro atoms. The van der Waals surface area contributed by atoms with Crippen LogP contribution >= 0.6 is 11.1 Å². The number of hydrogen-bond acceptors (Lipinski definition) is 0. The highest BCUT2D eigenvalue weighted by Crippen LogP contribution is 2.18. The fourth-order valence-electron chi connectivity index (χ4n) is 2.31. The summed E-state index contributed by atoms with van der Waals surface area (Å²) in [6, 6.07) is 27.6. The Kier molecular flexibility index (Phi) is 4.23. The second kappa shape index (κ2) is 6.29. The van der Waals surface area contributed by atoms with Crippen molar-refractivity contribution >= 4 is 29.6 Å². The maximum atomic E-state index is 6.65. The van der Waals surface area contributed by atoms with Gasteiger partial charge < -0.3 is 0 Å². The van der Waals surface area contributed by atoms with Crippen molar-refractivity contribution in [3.8, 4) is 11.1 Å². The molecule has 103 valence electrons. The van der Waals surface area contributed by atoms with E-state index in [0.29, 0.717) is 0 Å². The van der Waals surface area contributed by atoms with Crippen LogP contribution < -0.4 is 10.4 Å². The van der Waals surface area contributed by atoms with Gasteiger partial charge in [0, 0.05) is 0 Å². The van der Waals surface area contributed by atoms with E-state index < -0.39 is 8.11 Å². The van der Waals surface area contributed by atoms with Crippen LogP contribution in [0.4, 0.5) is 0 Å². The van der Waals surface area contributed by atoms with E-state index >= 15 is 0 Å². The Morgan fingerprint density at radius 3 is 1.67 bits per heavy atom. The Hall–Kier alpha value is -1.83. The van der Waals surface area contributed by atoms with Crippen molar-refractivity contribution in [3.63, 3.8) is 0 Å². The van der Waals surface area contributed by atoms with Crippen molar-refractivity contribution in [2.24, 2.45) is 0 Å². The summed E-state index contributed by atoms with van der Waals surface area (Å²) in [5.41, 5.74) is 3.76. The van der Waals surface area contributed by atoms with Crippen molar-refractivity contribution in [1.29, 1.82) is 0 Å². The second-order valence-corrected chi connectivity index (χ2v) is 8.04. The molecule has 0 heterocycles. The molecular formula is C19H16ClSi. The Bertz CT molecular complexity index is 703. The molecule has 0 amide bonds. The van der Waals surface area contributed by atoms with E-state index in [0.717, 1.165) is 0 Å². The maximum Gasteiger partial charge on any atom is 0.234 e. The molecule has 3 aromatic carbocycles. The van der Waals surface area contributed by atoms with Crippen molar-refractivity contribution < 1.29 is 0 Å². The van der Waals surface area contributed by atoms with Crippen molar-refractivity contribution in [2.75, 3.05) is 0 Å². The zero-order valence-corrected chi connectivity index (χ0v) is 13.6. The largest absolute Gasteiger partial charge is 0.234 e. The molecule has 0 saturated carbocycles. The molecular weight excluding hydrogens is 292 g/mol. The third-order valence-electron chi connectivity index (χ3n) is 3.55. The van der Waals surface area contributed by atoms with Crippen LogP contribution in [-0.2, 0) is 0 Å². The highest BCUT2D eigenvalue weighted by atomic mass is 35.6. The molecule has 2 heteroatoms. The van der Waals surface area contributed by atoms with Gasteiger partial charge in [-0.1, -0.05) is 84.4 Å². The quantitative estimate of drug-likeness (QED) is 0.507. The first-order chi connectivity index (χ1) is 10.2. The molecule has 0 nitrogen and oxygen atoms in total. The summed E-state index contributed by atoms with van der Waals surface area (Å²) in [5, 5.41) is 2.45. The standard InChI is InChI=1S/C19H16ClSi/c1-15-7-9-16(10-8-15)17-11-13-19(14-12-17)21(20)18-5-3-2-4-6-18/h2-14H,1H3. The number of rotatable bonds is 3. The predicted octanol–water partition coefficient (Wildman–Crippen LogP) is 4.01. The van der Waals surface area contributed by atoms with Crippen molar-refractivity contribution in [2.45, 2.75) is 6.92 Å². The van der Waals surface area contributed by atoms with Crippen LogP contribution in [0.3, 0.4) is 0 Å². The molecule has 1 radical (unpaired) electrons. The van der Waals surface area contributed by atoms with E-state index in [1.807, 2.05) is 18.2 Å². The minimum atomic E-state index is -1.18. The summed E-state index contributed by atoms with van der Waals surface area (Å²) in [6.45, 7) is 2.11. The van der Waals surface area contributed by atoms with Gasteiger partial charge in [0.05, 0.1) is 0 Å². The average Bonchev–Trinajstić information content (AvgIpc) is 2.56. The molecule has 0 bridgehead atoms. The second-order valence-electron chi connectivity index (χ2n) is 5.12. The zero-order valence-electron chi connectivity index (χ0n) is 11.9. The molecule has 3 rings (SSSR count). The first-order valence-corrected chi connectivity index (χ1v) is 9.50. The Morgan fingerprint density at radius 2 is 1.10 bits per heavy atom.